The van der Waals surface area contributed by atoms with Gasteiger partial charge in [0.25, 0.3) is 0 Å². The summed E-state index contributed by atoms with van der Waals surface area (Å²) in [7, 11) is 3.61. The predicted molar refractivity (Wildman–Crippen MR) is 76.9 cm³/mol. The summed E-state index contributed by atoms with van der Waals surface area (Å²) in [6.07, 6.45) is -0.0423. The molecule has 0 aliphatic heterocycles. The maximum Gasteiger partial charge on any atom is 0.317 e. The molecule has 7 heteroatoms. The number of ether oxygens (including phenoxy) is 1. The van der Waals surface area contributed by atoms with Crippen LogP contribution in [-0.4, -0.2) is 79.9 Å². The van der Waals surface area contributed by atoms with Crippen molar-refractivity contribution in [2.24, 2.45) is 0 Å². The fourth-order valence-corrected chi connectivity index (χ4v) is 1.62. The molecule has 0 unspecified atom stereocenters. The van der Waals surface area contributed by atoms with Gasteiger partial charge >= 0.3 is 12.0 Å². The third kappa shape index (κ3) is 8.71. The maximum absolute atomic E-state index is 12.0. The van der Waals surface area contributed by atoms with E-state index < -0.39 is 5.97 Å². The monoisotopic (exact) mass is 289 g/mol. The van der Waals surface area contributed by atoms with Crippen LogP contribution in [0.1, 0.15) is 20.3 Å². The molecule has 0 radical (unpaired) electrons. The zero-order valence-electron chi connectivity index (χ0n) is 12.9. The molecule has 0 fully saturated rings. The molecule has 0 aliphatic carbocycles. The van der Waals surface area contributed by atoms with Crippen molar-refractivity contribution in [1.29, 1.82) is 0 Å². The Labute approximate surface area is 120 Å². The molecular formula is C13H27N3O4. The van der Waals surface area contributed by atoms with Crippen LogP contribution in [0.4, 0.5) is 4.79 Å². The summed E-state index contributed by atoms with van der Waals surface area (Å²) in [5, 5.41) is 11.5. The summed E-state index contributed by atoms with van der Waals surface area (Å²) in [5.74, 6) is -0.900. The van der Waals surface area contributed by atoms with Crippen molar-refractivity contribution in [3.63, 3.8) is 0 Å². The highest BCUT2D eigenvalue weighted by Gasteiger charge is 2.17. The van der Waals surface area contributed by atoms with Crippen LogP contribution in [0.2, 0.25) is 0 Å². The lowest BCUT2D eigenvalue weighted by atomic mass is 10.3. The summed E-state index contributed by atoms with van der Waals surface area (Å²) >= 11 is 0. The van der Waals surface area contributed by atoms with Gasteiger partial charge < -0.3 is 25.0 Å². The number of amides is 2. The normalized spacial score (nSPS) is 10.9. The van der Waals surface area contributed by atoms with E-state index in [2.05, 4.69) is 10.2 Å². The Bertz CT molecular complexity index is 297. The van der Waals surface area contributed by atoms with Crippen LogP contribution >= 0.6 is 0 Å². The van der Waals surface area contributed by atoms with Crippen molar-refractivity contribution in [3.8, 4) is 0 Å². The van der Waals surface area contributed by atoms with E-state index in [0.717, 1.165) is 13.1 Å². The quantitative estimate of drug-likeness (QED) is 0.610. The Morgan fingerprint density at radius 1 is 1.25 bits per heavy atom. The fourth-order valence-electron chi connectivity index (χ4n) is 1.62. The van der Waals surface area contributed by atoms with Crippen LogP contribution in [0.5, 0.6) is 0 Å². The van der Waals surface area contributed by atoms with Crippen LogP contribution < -0.4 is 5.32 Å². The molecule has 118 valence electrons. The molecule has 2 amide bonds. The van der Waals surface area contributed by atoms with Gasteiger partial charge in [-0.1, -0.05) is 0 Å². The molecule has 7 nitrogen and oxygen atoms in total. The second kappa shape index (κ2) is 10.4. The minimum absolute atomic E-state index is 0.0272. The van der Waals surface area contributed by atoms with Gasteiger partial charge in [0.1, 0.15) is 0 Å². The Morgan fingerprint density at radius 2 is 1.90 bits per heavy atom. The van der Waals surface area contributed by atoms with E-state index in [1.54, 1.807) is 7.11 Å². The molecule has 0 aliphatic rings. The van der Waals surface area contributed by atoms with E-state index in [1.165, 1.54) is 4.90 Å². The number of nitrogens with one attached hydrogen (secondary N) is 1. The van der Waals surface area contributed by atoms with E-state index in [1.807, 2.05) is 20.9 Å². The van der Waals surface area contributed by atoms with Crippen LogP contribution in [0, 0.1) is 0 Å². The van der Waals surface area contributed by atoms with E-state index in [0.29, 0.717) is 13.2 Å². The number of hydrogen-bond donors (Lipinski definition) is 2. The molecule has 0 saturated carbocycles. The maximum atomic E-state index is 12.0. The van der Waals surface area contributed by atoms with Gasteiger partial charge in [-0.3, -0.25) is 4.79 Å². The summed E-state index contributed by atoms with van der Waals surface area (Å²) < 4.78 is 4.97. The fraction of sp³-hybridized carbons (Fsp3) is 0.846. The number of likely N-dealkylation sites (N-methyl/N-ethyl adjacent to an activating group) is 1. The number of carbonyl (C=O) groups excluding carboxylic acids is 1. The first-order valence-electron chi connectivity index (χ1n) is 6.82. The first kappa shape index (κ1) is 18.7. The van der Waals surface area contributed by atoms with Crippen molar-refractivity contribution < 1.29 is 19.4 Å². The van der Waals surface area contributed by atoms with Crippen molar-refractivity contribution in [3.05, 3.63) is 0 Å². The number of hydrogen-bond acceptors (Lipinski definition) is 4. The average molecular weight is 289 g/mol. The van der Waals surface area contributed by atoms with Gasteiger partial charge in [-0.25, -0.2) is 4.79 Å². The highest BCUT2D eigenvalue weighted by molar-refractivity contribution is 5.75. The third-order valence-electron chi connectivity index (χ3n) is 2.90. The topological polar surface area (TPSA) is 82.1 Å². The average Bonchev–Trinajstić information content (AvgIpc) is 2.35. The molecule has 20 heavy (non-hydrogen) atoms. The lowest BCUT2D eigenvalue weighted by molar-refractivity contribution is -0.137. The third-order valence-corrected chi connectivity index (χ3v) is 2.90. The number of urea groups is 1. The van der Waals surface area contributed by atoms with E-state index in [9.17, 15) is 9.59 Å². The Hall–Kier alpha value is -1.34. The molecule has 0 bridgehead atoms. The number of carboxylic acids is 1. The molecule has 0 saturated heterocycles. The molecule has 2 N–H and O–H groups in total. The van der Waals surface area contributed by atoms with E-state index >= 15 is 0 Å². The minimum Gasteiger partial charge on any atom is -0.481 e. The van der Waals surface area contributed by atoms with Gasteiger partial charge in [0.15, 0.2) is 0 Å². The first-order valence-corrected chi connectivity index (χ1v) is 6.82. The predicted octanol–water partition coefficient (Wildman–Crippen LogP) is 0.459. The van der Waals surface area contributed by atoms with Crippen LogP contribution in [0.25, 0.3) is 0 Å². The number of rotatable bonds is 10. The number of aliphatic carboxylic acids is 1. The second-order valence-electron chi connectivity index (χ2n) is 4.96. The zero-order chi connectivity index (χ0) is 15.5. The Morgan fingerprint density at radius 3 is 2.40 bits per heavy atom. The summed E-state index contributed by atoms with van der Waals surface area (Å²) in [6.45, 7) is 6.66. The van der Waals surface area contributed by atoms with Crippen LogP contribution in [-0.2, 0) is 9.53 Å². The lowest BCUT2D eigenvalue weighted by Crippen LogP contribution is -2.46. The zero-order valence-corrected chi connectivity index (χ0v) is 12.9. The molecular weight excluding hydrogens is 262 g/mol. The highest BCUT2D eigenvalue weighted by atomic mass is 16.5. The molecule has 0 heterocycles. The molecule has 0 aromatic heterocycles. The van der Waals surface area contributed by atoms with Gasteiger partial charge in [-0.05, 0) is 20.9 Å². The number of nitrogens with zero attached hydrogens (tertiary/aromatic N) is 2. The van der Waals surface area contributed by atoms with Gasteiger partial charge in [-0.15, -0.1) is 0 Å². The minimum atomic E-state index is -0.900. The smallest absolute Gasteiger partial charge is 0.317 e. The number of carbonyl (C=O) groups is 2. The summed E-state index contributed by atoms with van der Waals surface area (Å²) in [6, 6.07) is -0.248. The van der Waals surface area contributed by atoms with Gasteiger partial charge in [-0.2, -0.15) is 0 Å². The molecule has 0 rings (SSSR count). The SMILES string of the molecule is COCCN(C)CCNC(=O)N(CCC(=O)O)C(C)C. The van der Waals surface area contributed by atoms with Gasteiger partial charge in [0.2, 0.25) is 0 Å². The molecule has 0 aromatic carbocycles. The number of methoxy groups -OCH3 is 1. The number of carboxylic acid groups (broad SMARTS) is 1. The van der Waals surface area contributed by atoms with Crippen LogP contribution in [0.3, 0.4) is 0 Å². The van der Waals surface area contributed by atoms with E-state index in [-0.39, 0.29) is 25.0 Å². The van der Waals surface area contributed by atoms with Crippen molar-refractivity contribution in [2.45, 2.75) is 26.3 Å². The standard InChI is InChI=1S/C13H27N3O4/c1-11(2)16(7-5-12(17)18)13(19)14-6-8-15(3)9-10-20-4/h11H,5-10H2,1-4H3,(H,14,19)(H,17,18). The molecule has 0 spiro atoms. The summed E-state index contributed by atoms with van der Waals surface area (Å²) in [4.78, 5) is 26.1. The second-order valence-corrected chi connectivity index (χ2v) is 4.96. The van der Waals surface area contributed by atoms with Crippen molar-refractivity contribution >= 4 is 12.0 Å². The van der Waals surface area contributed by atoms with Crippen molar-refractivity contribution in [2.75, 3.05) is 46.9 Å². The lowest BCUT2D eigenvalue weighted by Gasteiger charge is -2.27. The van der Waals surface area contributed by atoms with E-state index in [4.69, 9.17) is 9.84 Å². The Kier molecular flexibility index (Phi) is 9.75. The first-order chi connectivity index (χ1) is 9.38. The van der Waals surface area contributed by atoms with Crippen molar-refractivity contribution in [1.82, 2.24) is 15.1 Å². The largest absolute Gasteiger partial charge is 0.481 e. The van der Waals surface area contributed by atoms with Gasteiger partial charge in [0.05, 0.1) is 13.0 Å². The van der Waals surface area contributed by atoms with Gasteiger partial charge in [0, 0.05) is 39.3 Å². The molecule has 0 aromatic rings. The van der Waals surface area contributed by atoms with Crippen LogP contribution in [0.15, 0.2) is 0 Å². The molecule has 0 atom stereocenters. The highest BCUT2D eigenvalue weighted by Crippen LogP contribution is 2.00. The Balaban J connectivity index is 4.04. The summed E-state index contributed by atoms with van der Waals surface area (Å²) in [5.41, 5.74) is 0.